The fraction of sp³-hybridized carbons (Fsp3) is 0.529. The van der Waals surface area contributed by atoms with Crippen LogP contribution in [0, 0.1) is 0 Å². The zero-order chi connectivity index (χ0) is 16.5. The van der Waals surface area contributed by atoms with Crippen LogP contribution in [0.2, 0.25) is 0 Å². The van der Waals surface area contributed by atoms with Crippen LogP contribution >= 0.6 is 12.2 Å². The number of benzene rings is 1. The predicted molar refractivity (Wildman–Crippen MR) is 93.9 cm³/mol. The van der Waals surface area contributed by atoms with Crippen molar-refractivity contribution < 1.29 is 14.3 Å². The molecule has 6 heteroatoms. The van der Waals surface area contributed by atoms with E-state index in [2.05, 4.69) is 17.6 Å². The minimum Gasteiger partial charge on any atom is -0.494 e. The molecule has 2 N–H and O–H groups in total. The fourth-order valence-electron chi connectivity index (χ4n) is 2.27. The Balaban J connectivity index is 1.74. The maximum absolute atomic E-state index is 12.1. The van der Waals surface area contributed by atoms with Crippen LogP contribution in [-0.2, 0) is 4.74 Å². The molecule has 0 saturated carbocycles. The number of rotatable bonds is 7. The molecule has 1 aliphatic rings. The first kappa shape index (κ1) is 17.7. The van der Waals surface area contributed by atoms with E-state index >= 15 is 0 Å². The van der Waals surface area contributed by atoms with E-state index in [9.17, 15) is 4.79 Å². The van der Waals surface area contributed by atoms with Gasteiger partial charge in [-0.15, -0.1) is 0 Å². The maximum atomic E-state index is 12.1. The summed E-state index contributed by atoms with van der Waals surface area (Å²) in [5.74, 6) is 0.545. The lowest BCUT2D eigenvalue weighted by atomic mass is 10.2. The summed E-state index contributed by atoms with van der Waals surface area (Å²) in [5, 5.41) is 6.03. The second-order valence-electron chi connectivity index (χ2n) is 5.53. The highest BCUT2D eigenvalue weighted by Gasteiger charge is 2.16. The summed E-state index contributed by atoms with van der Waals surface area (Å²) in [5.41, 5.74) is 0.550. The minimum absolute atomic E-state index is 0.185. The number of amides is 1. The van der Waals surface area contributed by atoms with Gasteiger partial charge in [-0.25, -0.2) is 0 Å². The van der Waals surface area contributed by atoms with Crippen molar-refractivity contribution in [2.24, 2.45) is 0 Å². The first-order valence-corrected chi connectivity index (χ1v) is 8.53. The van der Waals surface area contributed by atoms with E-state index in [4.69, 9.17) is 21.7 Å². The molecule has 23 heavy (non-hydrogen) atoms. The number of thiocarbonyl (C=S) groups is 1. The smallest absolute Gasteiger partial charge is 0.257 e. The van der Waals surface area contributed by atoms with Crippen LogP contribution < -0.4 is 15.4 Å². The third-order valence-electron chi connectivity index (χ3n) is 3.62. The Labute approximate surface area is 142 Å². The lowest BCUT2D eigenvalue weighted by Crippen LogP contribution is -2.42. The minimum atomic E-state index is -0.227. The normalized spacial score (nSPS) is 16.8. The molecule has 0 bridgehead atoms. The average molecular weight is 336 g/mol. The van der Waals surface area contributed by atoms with E-state index in [0.717, 1.165) is 38.0 Å². The average Bonchev–Trinajstić information content (AvgIpc) is 3.07. The molecule has 0 aromatic heterocycles. The van der Waals surface area contributed by atoms with E-state index in [0.29, 0.717) is 23.8 Å². The molecule has 0 radical (unpaired) electrons. The molecule has 1 saturated heterocycles. The molecule has 1 aliphatic heterocycles. The van der Waals surface area contributed by atoms with Crippen LogP contribution in [0.3, 0.4) is 0 Å². The number of nitrogens with one attached hydrogen (secondary N) is 2. The highest BCUT2D eigenvalue weighted by molar-refractivity contribution is 7.80. The SMILES string of the molecule is CCCCOc1ccc(C(=O)NC(=S)NCC2CCCO2)cc1. The van der Waals surface area contributed by atoms with Gasteiger partial charge in [0.25, 0.3) is 5.91 Å². The maximum Gasteiger partial charge on any atom is 0.257 e. The number of carbonyl (C=O) groups is 1. The summed E-state index contributed by atoms with van der Waals surface area (Å²) in [6.45, 7) is 4.24. The van der Waals surface area contributed by atoms with Gasteiger partial charge in [0.15, 0.2) is 5.11 Å². The Morgan fingerprint density at radius 2 is 2.17 bits per heavy atom. The molecule has 1 aromatic rings. The van der Waals surface area contributed by atoms with Crippen LogP contribution in [0.25, 0.3) is 0 Å². The van der Waals surface area contributed by atoms with Gasteiger partial charge < -0.3 is 14.8 Å². The fourth-order valence-corrected chi connectivity index (χ4v) is 2.44. The molecular weight excluding hydrogens is 312 g/mol. The molecule has 1 amide bonds. The summed E-state index contributed by atoms with van der Waals surface area (Å²) in [4.78, 5) is 12.1. The van der Waals surface area contributed by atoms with Gasteiger partial charge in [0.05, 0.1) is 12.7 Å². The Bertz CT molecular complexity index is 513. The Morgan fingerprint density at radius 3 is 2.83 bits per heavy atom. The lowest BCUT2D eigenvalue weighted by Gasteiger charge is -2.13. The Morgan fingerprint density at radius 1 is 1.39 bits per heavy atom. The number of ether oxygens (including phenoxy) is 2. The zero-order valence-corrected chi connectivity index (χ0v) is 14.3. The Kier molecular flexibility index (Phi) is 7.29. The van der Waals surface area contributed by atoms with Crippen LogP contribution in [0.5, 0.6) is 5.75 Å². The van der Waals surface area contributed by atoms with E-state index in [1.54, 1.807) is 24.3 Å². The van der Waals surface area contributed by atoms with Crippen LogP contribution in [0.15, 0.2) is 24.3 Å². The molecule has 0 spiro atoms. The van der Waals surface area contributed by atoms with Crippen molar-refractivity contribution in [1.82, 2.24) is 10.6 Å². The summed E-state index contributed by atoms with van der Waals surface area (Å²) >= 11 is 5.14. The van der Waals surface area contributed by atoms with Gasteiger partial charge in [-0.2, -0.15) is 0 Å². The first-order valence-electron chi connectivity index (χ1n) is 8.12. The summed E-state index contributed by atoms with van der Waals surface area (Å²) < 4.78 is 11.1. The van der Waals surface area contributed by atoms with Crippen molar-refractivity contribution in [3.05, 3.63) is 29.8 Å². The van der Waals surface area contributed by atoms with Gasteiger partial charge in [0.1, 0.15) is 5.75 Å². The monoisotopic (exact) mass is 336 g/mol. The van der Waals surface area contributed by atoms with E-state index in [-0.39, 0.29) is 12.0 Å². The molecule has 1 atom stereocenters. The number of carbonyl (C=O) groups excluding carboxylic acids is 1. The molecule has 0 aliphatic carbocycles. The third-order valence-corrected chi connectivity index (χ3v) is 3.87. The van der Waals surface area contributed by atoms with Gasteiger partial charge in [-0.3, -0.25) is 10.1 Å². The van der Waals surface area contributed by atoms with E-state index in [1.165, 1.54) is 0 Å². The molecule has 1 aromatic carbocycles. The van der Waals surface area contributed by atoms with Crippen molar-refractivity contribution in [1.29, 1.82) is 0 Å². The molecule has 5 nitrogen and oxygen atoms in total. The van der Waals surface area contributed by atoms with Crippen LogP contribution in [0.1, 0.15) is 43.0 Å². The molecule has 1 unspecified atom stereocenters. The molecule has 1 heterocycles. The van der Waals surface area contributed by atoms with Crippen molar-refractivity contribution >= 4 is 23.2 Å². The largest absolute Gasteiger partial charge is 0.494 e. The standard InChI is InChI=1S/C17H24N2O3S/c1-2-3-10-21-14-8-6-13(7-9-14)16(20)19-17(23)18-12-15-5-4-11-22-15/h6-9,15H,2-5,10-12H2,1H3,(H2,18,19,20,23). The highest BCUT2D eigenvalue weighted by Crippen LogP contribution is 2.13. The third kappa shape index (κ3) is 6.15. The van der Waals surface area contributed by atoms with Gasteiger partial charge in [0.2, 0.25) is 0 Å². The van der Waals surface area contributed by atoms with Crippen molar-refractivity contribution in [2.45, 2.75) is 38.7 Å². The highest BCUT2D eigenvalue weighted by atomic mass is 32.1. The molecule has 1 fully saturated rings. The molecular formula is C17H24N2O3S. The van der Waals surface area contributed by atoms with Crippen LogP contribution in [-0.4, -0.2) is 36.9 Å². The summed E-state index contributed by atoms with van der Waals surface area (Å²) in [7, 11) is 0. The van der Waals surface area contributed by atoms with Gasteiger partial charge >= 0.3 is 0 Å². The topological polar surface area (TPSA) is 59.6 Å². The predicted octanol–water partition coefficient (Wildman–Crippen LogP) is 2.65. The molecule has 126 valence electrons. The molecule has 2 rings (SSSR count). The second kappa shape index (κ2) is 9.47. The number of hydrogen-bond donors (Lipinski definition) is 2. The zero-order valence-electron chi connectivity index (χ0n) is 13.5. The van der Waals surface area contributed by atoms with E-state index < -0.39 is 0 Å². The van der Waals surface area contributed by atoms with Gasteiger partial charge in [0, 0.05) is 18.7 Å². The van der Waals surface area contributed by atoms with Gasteiger partial charge in [-0.1, -0.05) is 13.3 Å². The summed E-state index contributed by atoms with van der Waals surface area (Å²) in [6, 6.07) is 7.07. The van der Waals surface area contributed by atoms with Crippen LogP contribution in [0.4, 0.5) is 0 Å². The quantitative estimate of drug-likeness (QED) is 0.592. The second-order valence-corrected chi connectivity index (χ2v) is 5.93. The van der Waals surface area contributed by atoms with E-state index in [1.807, 2.05) is 0 Å². The van der Waals surface area contributed by atoms with Crippen molar-refractivity contribution in [2.75, 3.05) is 19.8 Å². The van der Waals surface area contributed by atoms with Crippen molar-refractivity contribution in [3.63, 3.8) is 0 Å². The summed E-state index contributed by atoms with van der Waals surface area (Å²) in [6.07, 6.45) is 4.41. The van der Waals surface area contributed by atoms with Gasteiger partial charge in [-0.05, 0) is 55.7 Å². The lowest BCUT2D eigenvalue weighted by molar-refractivity contribution is 0.0973. The van der Waals surface area contributed by atoms with Crippen molar-refractivity contribution in [3.8, 4) is 5.75 Å². The first-order chi connectivity index (χ1) is 11.2. The number of hydrogen-bond acceptors (Lipinski definition) is 4. The number of unbranched alkanes of at least 4 members (excludes halogenated alkanes) is 1. The Hall–Kier alpha value is -1.66.